The van der Waals surface area contributed by atoms with Crippen molar-refractivity contribution >= 4 is 38.9 Å². The zero-order valence-electron chi connectivity index (χ0n) is 16.1. The predicted molar refractivity (Wildman–Crippen MR) is 124 cm³/mol. The molecule has 1 atom stereocenters. The lowest BCUT2D eigenvalue weighted by Crippen LogP contribution is -2.30. The van der Waals surface area contributed by atoms with Crippen LogP contribution >= 0.6 is 27.3 Å². The minimum absolute atomic E-state index is 0.217. The predicted octanol–water partition coefficient (Wildman–Crippen LogP) is 6.04. The second-order valence-corrected chi connectivity index (χ2v) is 8.33. The maximum atomic E-state index is 12.6. The molecule has 1 amide bonds. The Bertz CT molecular complexity index is 1150. The summed E-state index contributed by atoms with van der Waals surface area (Å²) in [6.45, 7) is 1.72. The zero-order valence-corrected chi connectivity index (χ0v) is 18.5. The van der Waals surface area contributed by atoms with Gasteiger partial charge >= 0.3 is 0 Å². The molecule has 5 nitrogen and oxygen atoms in total. The minimum Gasteiger partial charge on any atom is -0.481 e. The molecule has 1 unspecified atom stereocenters. The quantitative estimate of drug-likeness (QED) is 0.366. The molecular weight excluding hydrogens is 462 g/mol. The van der Waals surface area contributed by atoms with Crippen molar-refractivity contribution in [3.63, 3.8) is 0 Å². The molecule has 150 valence electrons. The van der Waals surface area contributed by atoms with Gasteiger partial charge in [0, 0.05) is 39.1 Å². The Morgan fingerprint density at radius 2 is 1.83 bits per heavy atom. The third-order valence-electron chi connectivity index (χ3n) is 4.35. The number of pyridine rings is 1. The zero-order chi connectivity index (χ0) is 20.9. The van der Waals surface area contributed by atoms with Crippen molar-refractivity contribution in [2.75, 3.05) is 5.32 Å². The summed E-state index contributed by atoms with van der Waals surface area (Å²) >= 11 is 4.96. The summed E-state index contributed by atoms with van der Waals surface area (Å²) in [5, 5.41) is 5.86. The number of carbonyl (C=O) groups is 1. The lowest BCUT2D eigenvalue weighted by Gasteiger charge is -2.15. The molecule has 2 heterocycles. The maximum absolute atomic E-state index is 12.6. The van der Waals surface area contributed by atoms with Gasteiger partial charge in [-0.1, -0.05) is 28.1 Å². The summed E-state index contributed by atoms with van der Waals surface area (Å²) in [5.41, 5.74) is 3.53. The van der Waals surface area contributed by atoms with Crippen LogP contribution in [0.3, 0.4) is 0 Å². The van der Waals surface area contributed by atoms with E-state index in [1.807, 2.05) is 66.0 Å². The summed E-state index contributed by atoms with van der Waals surface area (Å²) in [7, 11) is 0. The molecule has 0 aliphatic carbocycles. The highest BCUT2D eigenvalue weighted by atomic mass is 79.9. The van der Waals surface area contributed by atoms with Crippen molar-refractivity contribution in [2.24, 2.45) is 0 Å². The third-order valence-corrected chi connectivity index (χ3v) is 5.77. The van der Waals surface area contributed by atoms with Crippen LogP contribution in [0.4, 0.5) is 5.69 Å². The Hall–Kier alpha value is -3.03. The van der Waals surface area contributed by atoms with Gasteiger partial charge in [0.2, 0.25) is 0 Å². The van der Waals surface area contributed by atoms with Crippen LogP contribution in [0.25, 0.3) is 21.8 Å². The van der Waals surface area contributed by atoms with E-state index in [2.05, 4.69) is 26.2 Å². The van der Waals surface area contributed by atoms with Gasteiger partial charge in [-0.05, 0) is 55.5 Å². The summed E-state index contributed by atoms with van der Waals surface area (Å²) in [6.07, 6.45) is 2.88. The average molecular weight is 480 g/mol. The first-order valence-corrected chi connectivity index (χ1v) is 11.0. The molecule has 0 aliphatic heterocycles. The first kappa shape index (κ1) is 20.3. The molecule has 2 aromatic carbocycles. The summed E-state index contributed by atoms with van der Waals surface area (Å²) in [4.78, 5) is 21.3. The molecule has 0 bridgehead atoms. The third kappa shape index (κ3) is 4.93. The number of carbonyl (C=O) groups excluding carboxylic acids is 1. The topological polar surface area (TPSA) is 64.1 Å². The Morgan fingerprint density at radius 3 is 2.60 bits per heavy atom. The fourth-order valence-electron chi connectivity index (χ4n) is 2.80. The first-order chi connectivity index (χ1) is 14.6. The largest absolute Gasteiger partial charge is 0.481 e. The van der Waals surface area contributed by atoms with Crippen LogP contribution < -0.4 is 10.1 Å². The van der Waals surface area contributed by atoms with Crippen LogP contribution in [-0.2, 0) is 4.79 Å². The molecule has 1 N–H and O–H groups in total. The van der Waals surface area contributed by atoms with Crippen molar-refractivity contribution in [2.45, 2.75) is 13.0 Å². The number of hydrogen-bond acceptors (Lipinski definition) is 5. The van der Waals surface area contributed by atoms with E-state index in [-0.39, 0.29) is 5.91 Å². The number of hydrogen-bond donors (Lipinski definition) is 1. The van der Waals surface area contributed by atoms with E-state index < -0.39 is 6.10 Å². The van der Waals surface area contributed by atoms with Gasteiger partial charge in [0.1, 0.15) is 10.8 Å². The minimum atomic E-state index is -0.632. The molecule has 0 saturated carbocycles. The van der Waals surface area contributed by atoms with E-state index in [9.17, 15) is 4.79 Å². The van der Waals surface area contributed by atoms with Crippen LogP contribution in [0.5, 0.6) is 5.75 Å². The van der Waals surface area contributed by atoms with Gasteiger partial charge in [-0.3, -0.25) is 9.78 Å². The number of benzene rings is 2. The Balaban J connectivity index is 1.45. The lowest BCUT2D eigenvalue weighted by atomic mass is 10.1. The molecule has 2 aromatic heterocycles. The van der Waals surface area contributed by atoms with Gasteiger partial charge in [0.25, 0.3) is 5.91 Å². The average Bonchev–Trinajstić information content (AvgIpc) is 3.26. The van der Waals surface area contributed by atoms with Crippen LogP contribution in [0, 0.1) is 0 Å². The number of nitrogens with one attached hydrogen (secondary N) is 1. The van der Waals surface area contributed by atoms with Crippen molar-refractivity contribution in [1.82, 2.24) is 9.97 Å². The van der Waals surface area contributed by atoms with E-state index in [1.54, 1.807) is 30.7 Å². The highest BCUT2D eigenvalue weighted by Gasteiger charge is 2.15. The van der Waals surface area contributed by atoms with Crippen LogP contribution in [0.2, 0.25) is 0 Å². The summed E-state index contributed by atoms with van der Waals surface area (Å²) in [6, 6.07) is 18.9. The van der Waals surface area contributed by atoms with Gasteiger partial charge in [0.05, 0.1) is 5.69 Å². The molecular formula is C23H18BrN3O2S. The van der Waals surface area contributed by atoms with Crippen molar-refractivity contribution in [3.05, 3.63) is 82.9 Å². The molecule has 4 aromatic rings. The van der Waals surface area contributed by atoms with E-state index >= 15 is 0 Å². The first-order valence-electron chi connectivity index (χ1n) is 9.28. The van der Waals surface area contributed by atoms with Gasteiger partial charge in [-0.25, -0.2) is 4.98 Å². The van der Waals surface area contributed by atoms with Gasteiger partial charge in [-0.15, -0.1) is 11.3 Å². The molecule has 7 heteroatoms. The highest BCUT2D eigenvalue weighted by Crippen LogP contribution is 2.29. The fourth-order valence-corrected chi connectivity index (χ4v) is 3.90. The monoisotopic (exact) mass is 479 g/mol. The number of ether oxygens (including phenoxy) is 1. The molecule has 0 saturated heterocycles. The Morgan fingerprint density at radius 1 is 1.07 bits per heavy atom. The van der Waals surface area contributed by atoms with Crippen molar-refractivity contribution in [1.29, 1.82) is 0 Å². The van der Waals surface area contributed by atoms with Crippen LogP contribution in [0.1, 0.15) is 6.92 Å². The lowest BCUT2D eigenvalue weighted by molar-refractivity contribution is -0.122. The van der Waals surface area contributed by atoms with E-state index in [1.165, 1.54) is 0 Å². The Kier molecular flexibility index (Phi) is 6.21. The standard InChI is InChI=1S/C23H18BrN3O2S/c1-15(29-20-7-5-18(24)6-8-20)22(28)26-19-4-2-3-17(13-19)21-14-30-23(27-21)16-9-11-25-12-10-16/h2-15H,1H3,(H,26,28). The van der Waals surface area contributed by atoms with E-state index in [4.69, 9.17) is 9.72 Å². The molecule has 0 radical (unpaired) electrons. The van der Waals surface area contributed by atoms with Gasteiger partial charge < -0.3 is 10.1 Å². The number of thiazole rings is 1. The molecule has 0 spiro atoms. The van der Waals surface area contributed by atoms with Crippen molar-refractivity contribution in [3.8, 4) is 27.6 Å². The molecule has 0 fully saturated rings. The summed E-state index contributed by atoms with van der Waals surface area (Å²) < 4.78 is 6.68. The molecule has 30 heavy (non-hydrogen) atoms. The van der Waals surface area contributed by atoms with Gasteiger partial charge in [0.15, 0.2) is 6.10 Å². The number of amides is 1. The fraction of sp³-hybridized carbons (Fsp3) is 0.0870. The highest BCUT2D eigenvalue weighted by molar-refractivity contribution is 9.10. The second-order valence-electron chi connectivity index (χ2n) is 6.56. The second kappa shape index (κ2) is 9.19. The summed E-state index contributed by atoms with van der Waals surface area (Å²) in [5.74, 6) is 0.423. The molecule has 0 aliphatic rings. The number of halogens is 1. The number of anilines is 1. The van der Waals surface area contributed by atoms with Gasteiger partial charge in [-0.2, -0.15) is 0 Å². The Labute approximate surface area is 186 Å². The number of rotatable bonds is 6. The SMILES string of the molecule is CC(Oc1ccc(Br)cc1)C(=O)Nc1cccc(-c2csc(-c3ccncc3)n2)c1. The number of aromatic nitrogens is 2. The number of nitrogens with zero attached hydrogens (tertiary/aromatic N) is 2. The van der Waals surface area contributed by atoms with E-state index in [0.717, 1.165) is 26.3 Å². The maximum Gasteiger partial charge on any atom is 0.265 e. The van der Waals surface area contributed by atoms with Crippen LogP contribution in [-0.4, -0.2) is 22.0 Å². The normalized spacial score (nSPS) is 11.7. The molecule has 4 rings (SSSR count). The van der Waals surface area contributed by atoms with Crippen molar-refractivity contribution < 1.29 is 9.53 Å². The van der Waals surface area contributed by atoms with E-state index in [0.29, 0.717) is 11.4 Å². The smallest absolute Gasteiger partial charge is 0.265 e. The van der Waals surface area contributed by atoms with Crippen LogP contribution in [0.15, 0.2) is 82.9 Å².